The zero-order valence-electron chi connectivity index (χ0n) is 19.7. The third-order valence-electron chi connectivity index (χ3n) is 6.00. The molecule has 3 aromatic rings. The number of likely N-dealkylation sites (tertiary alicyclic amines) is 1. The molecule has 4 rings (SSSR count). The van der Waals surface area contributed by atoms with Gasteiger partial charge >= 0.3 is 5.69 Å². The number of aromatic amines is 1. The number of carbonyl (C=O) groups is 1. The molecule has 0 spiro atoms. The molecule has 1 unspecified atom stereocenters. The van der Waals surface area contributed by atoms with Gasteiger partial charge < -0.3 is 15.2 Å². The van der Waals surface area contributed by atoms with E-state index < -0.39 is 0 Å². The molecule has 3 heterocycles. The van der Waals surface area contributed by atoms with Gasteiger partial charge in [-0.2, -0.15) is 0 Å². The van der Waals surface area contributed by atoms with Gasteiger partial charge in [0.05, 0.1) is 17.3 Å². The number of imidazole rings is 1. The minimum Gasteiger partial charge on any atom is -0.373 e. The van der Waals surface area contributed by atoms with E-state index in [1.807, 2.05) is 19.2 Å². The Morgan fingerprint density at radius 1 is 1.34 bits per heavy atom. The number of amides is 1. The van der Waals surface area contributed by atoms with Crippen molar-refractivity contribution >= 4 is 12.1 Å². The Morgan fingerprint density at radius 3 is 3.00 bits per heavy atom. The highest BCUT2D eigenvalue weighted by molar-refractivity contribution is 5.94. The maximum atomic E-state index is 13.5. The van der Waals surface area contributed by atoms with Gasteiger partial charge in [-0.05, 0) is 56.4 Å². The highest BCUT2D eigenvalue weighted by Crippen LogP contribution is 2.24. The number of H-pyrrole nitrogens is 1. The number of nitrogens with zero attached hydrogens (tertiary/aromatic N) is 4. The molecule has 1 saturated heterocycles. The third-order valence-corrected chi connectivity index (χ3v) is 6.00. The summed E-state index contributed by atoms with van der Waals surface area (Å²) >= 11 is 0. The number of rotatable bonds is 8. The fraction of sp³-hybridized carbons (Fsp3) is 0.308. The van der Waals surface area contributed by atoms with Crippen LogP contribution in [0.5, 0.6) is 0 Å². The first kappa shape index (κ1) is 24.1. The van der Waals surface area contributed by atoms with Crippen molar-refractivity contribution in [3.05, 3.63) is 88.6 Å². The van der Waals surface area contributed by atoms with Crippen LogP contribution in [0.2, 0.25) is 0 Å². The van der Waals surface area contributed by atoms with Crippen molar-refractivity contribution in [1.29, 1.82) is 0 Å². The molecule has 1 atom stereocenters. The average Bonchev–Trinajstić information content (AvgIpc) is 3.26. The lowest BCUT2D eigenvalue weighted by Crippen LogP contribution is -2.43. The molecule has 182 valence electrons. The van der Waals surface area contributed by atoms with E-state index in [4.69, 9.17) is 0 Å². The number of pyridine rings is 1. The topological polar surface area (TPSA) is 95.4 Å². The Kier molecular flexibility index (Phi) is 7.87. The van der Waals surface area contributed by atoms with Gasteiger partial charge in [0.25, 0.3) is 5.91 Å². The monoisotopic (exact) mass is 476 g/mol. The Morgan fingerprint density at radius 2 is 2.23 bits per heavy atom. The summed E-state index contributed by atoms with van der Waals surface area (Å²) < 4.78 is 15.3. The van der Waals surface area contributed by atoms with Crippen LogP contribution in [0, 0.1) is 5.82 Å². The minimum absolute atomic E-state index is 0.105. The van der Waals surface area contributed by atoms with Gasteiger partial charge in [-0.25, -0.2) is 9.18 Å². The molecule has 2 N–H and O–H groups in total. The van der Waals surface area contributed by atoms with Gasteiger partial charge in [-0.3, -0.25) is 19.3 Å². The largest absolute Gasteiger partial charge is 0.373 e. The van der Waals surface area contributed by atoms with Crippen LogP contribution < -0.4 is 11.0 Å². The number of halogens is 1. The molecule has 0 aliphatic carbocycles. The smallest absolute Gasteiger partial charge is 0.326 e. The van der Waals surface area contributed by atoms with E-state index in [1.54, 1.807) is 46.1 Å². The predicted molar refractivity (Wildman–Crippen MR) is 134 cm³/mol. The van der Waals surface area contributed by atoms with Crippen LogP contribution in [-0.4, -0.2) is 51.3 Å². The molecule has 1 fully saturated rings. The maximum Gasteiger partial charge on any atom is 0.326 e. The summed E-state index contributed by atoms with van der Waals surface area (Å²) in [6.07, 6.45) is 11.0. The lowest BCUT2D eigenvalue weighted by molar-refractivity contribution is 0.0676. The molecule has 1 amide bonds. The highest BCUT2D eigenvalue weighted by atomic mass is 19.1. The normalized spacial score (nSPS) is 16.3. The van der Waals surface area contributed by atoms with Gasteiger partial charge in [0.2, 0.25) is 0 Å². The molecule has 9 heteroatoms. The third kappa shape index (κ3) is 5.92. The molecular weight excluding hydrogens is 447 g/mol. The van der Waals surface area contributed by atoms with Gasteiger partial charge in [0.1, 0.15) is 12.5 Å². The molecule has 2 aromatic heterocycles. The SMILES string of the molecule is C/C=N\CN/C=C\Cc1c[nH]c(=O)n1C1CCCN(C(=O)c2ccc(-c3cccc(F)c3)nc2)C1. The van der Waals surface area contributed by atoms with Crippen LogP contribution in [0.4, 0.5) is 4.39 Å². The predicted octanol–water partition coefficient (Wildman–Crippen LogP) is 3.55. The van der Waals surface area contributed by atoms with Crippen molar-refractivity contribution in [2.45, 2.75) is 32.2 Å². The number of aliphatic imine (C=N–C) groups is 1. The second-order valence-corrected chi connectivity index (χ2v) is 8.35. The lowest BCUT2D eigenvalue weighted by Gasteiger charge is -2.33. The van der Waals surface area contributed by atoms with Gasteiger partial charge in [-0.15, -0.1) is 0 Å². The maximum absolute atomic E-state index is 13.5. The van der Waals surface area contributed by atoms with E-state index in [0.717, 1.165) is 18.5 Å². The number of piperidine rings is 1. The van der Waals surface area contributed by atoms with Gasteiger partial charge in [0.15, 0.2) is 0 Å². The molecule has 0 radical (unpaired) electrons. The van der Waals surface area contributed by atoms with Crippen molar-refractivity contribution in [2.24, 2.45) is 4.99 Å². The standard InChI is InChI=1S/C26H29FN6O2/c1-2-28-18-29-12-4-8-22-16-31-26(35)33(22)23-9-5-13-32(17-23)25(34)20-10-11-24(30-15-20)19-6-3-7-21(27)14-19/h2-4,6-7,10-12,14-16,23,29H,5,8-9,13,17-18H2,1H3,(H,31,35)/b12-4-,28-2-. The summed E-state index contributed by atoms with van der Waals surface area (Å²) in [4.78, 5) is 38.8. The zero-order valence-corrected chi connectivity index (χ0v) is 19.7. The van der Waals surface area contributed by atoms with Gasteiger partial charge in [-0.1, -0.05) is 18.2 Å². The van der Waals surface area contributed by atoms with Crippen LogP contribution in [-0.2, 0) is 6.42 Å². The van der Waals surface area contributed by atoms with E-state index in [9.17, 15) is 14.0 Å². The quantitative estimate of drug-likeness (QED) is 0.384. The first-order chi connectivity index (χ1) is 17.1. The molecule has 1 aliphatic rings. The number of hydrogen-bond acceptors (Lipinski definition) is 5. The van der Waals surface area contributed by atoms with E-state index in [0.29, 0.717) is 43.0 Å². The summed E-state index contributed by atoms with van der Waals surface area (Å²) in [5.41, 5.74) is 2.43. The Bertz CT molecular complexity index is 1260. The summed E-state index contributed by atoms with van der Waals surface area (Å²) in [7, 11) is 0. The molecule has 0 saturated carbocycles. The lowest BCUT2D eigenvalue weighted by atomic mass is 10.0. The fourth-order valence-electron chi connectivity index (χ4n) is 4.30. The molecule has 35 heavy (non-hydrogen) atoms. The first-order valence-electron chi connectivity index (χ1n) is 11.7. The number of hydrogen-bond donors (Lipinski definition) is 2. The van der Waals surface area contributed by atoms with Crippen LogP contribution in [0.1, 0.15) is 41.9 Å². The van der Waals surface area contributed by atoms with Crippen molar-refractivity contribution in [2.75, 3.05) is 19.8 Å². The first-order valence-corrected chi connectivity index (χ1v) is 11.7. The number of nitrogens with one attached hydrogen (secondary N) is 2. The Labute approximate surface area is 203 Å². The van der Waals surface area contributed by atoms with Crippen LogP contribution >= 0.6 is 0 Å². The molecule has 0 bridgehead atoms. The number of carbonyl (C=O) groups excluding carboxylic acids is 1. The van der Waals surface area contributed by atoms with Crippen LogP contribution in [0.25, 0.3) is 11.3 Å². The van der Waals surface area contributed by atoms with E-state index >= 15 is 0 Å². The average molecular weight is 477 g/mol. The summed E-state index contributed by atoms with van der Waals surface area (Å²) in [6, 6.07) is 9.54. The molecule has 1 aromatic carbocycles. The van der Waals surface area contributed by atoms with Gasteiger partial charge in [0, 0.05) is 43.2 Å². The number of benzene rings is 1. The second-order valence-electron chi connectivity index (χ2n) is 8.35. The van der Waals surface area contributed by atoms with Crippen molar-refractivity contribution in [3.8, 4) is 11.3 Å². The zero-order chi connectivity index (χ0) is 24.6. The Balaban J connectivity index is 1.43. The fourth-order valence-corrected chi connectivity index (χ4v) is 4.30. The molecular formula is C26H29FN6O2. The van der Waals surface area contributed by atoms with Crippen molar-refractivity contribution < 1.29 is 9.18 Å². The summed E-state index contributed by atoms with van der Waals surface area (Å²) in [6.45, 7) is 3.44. The van der Waals surface area contributed by atoms with E-state index in [1.165, 1.54) is 18.3 Å². The second kappa shape index (κ2) is 11.4. The highest BCUT2D eigenvalue weighted by Gasteiger charge is 2.27. The minimum atomic E-state index is -0.333. The number of aromatic nitrogens is 3. The molecule has 1 aliphatic heterocycles. The van der Waals surface area contributed by atoms with Crippen LogP contribution in [0.3, 0.4) is 0 Å². The van der Waals surface area contributed by atoms with Crippen molar-refractivity contribution in [1.82, 2.24) is 24.8 Å². The summed E-state index contributed by atoms with van der Waals surface area (Å²) in [5, 5.41) is 3.07. The summed E-state index contributed by atoms with van der Waals surface area (Å²) in [5.74, 6) is -0.459. The molecule has 8 nitrogen and oxygen atoms in total. The Hall–Kier alpha value is -4.01. The van der Waals surface area contributed by atoms with E-state index in [-0.39, 0.29) is 23.5 Å². The number of allylic oxidation sites excluding steroid dienone is 1. The van der Waals surface area contributed by atoms with Crippen molar-refractivity contribution in [3.63, 3.8) is 0 Å². The van der Waals surface area contributed by atoms with Crippen LogP contribution in [0.15, 0.2) is 70.9 Å². The van der Waals surface area contributed by atoms with E-state index in [2.05, 4.69) is 20.3 Å².